The van der Waals surface area contributed by atoms with Crippen molar-refractivity contribution in [2.75, 3.05) is 32.1 Å². The number of allylic oxidation sites excluding steroid dienone is 4. The Kier molecular flexibility index (Phi) is 15.6. The minimum absolute atomic E-state index is 0.00752. The van der Waals surface area contributed by atoms with Gasteiger partial charge in [0, 0.05) is 68.4 Å². The fraction of sp³-hybridized carbons (Fsp3) is 0.592. The molecule has 0 saturated carbocycles. The zero-order valence-corrected chi connectivity index (χ0v) is 39.3. The van der Waals surface area contributed by atoms with Crippen LogP contribution in [0, 0.1) is 42.4 Å². The van der Waals surface area contributed by atoms with E-state index in [-0.39, 0.29) is 74.4 Å². The van der Waals surface area contributed by atoms with E-state index in [1.165, 1.54) is 6.92 Å². The summed E-state index contributed by atoms with van der Waals surface area (Å²) in [5.74, 6) is -4.80. The molecule has 64 heavy (non-hydrogen) atoms. The predicted octanol–water partition coefficient (Wildman–Crippen LogP) is 5.32. The van der Waals surface area contributed by atoms with Crippen molar-refractivity contribution in [2.24, 2.45) is 51.2 Å². The summed E-state index contributed by atoms with van der Waals surface area (Å²) in [6, 6.07) is 0. The minimum atomic E-state index is -1.42. The fourth-order valence-corrected chi connectivity index (χ4v) is 9.45. The van der Waals surface area contributed by atoms with Gasteiger partial charge in [0.15, 0.2) is 17.0 Å². The highest BCUT2D eigenvalue weighted by atomic mass is 16.5. The first-order valence-electron chi connectivity index (χ1n) is 22.5. The van der Waals surface area contributed by atoms with Crippen LogP contribution in [0.15, 0.2) is 45.9 Å². The first-order chi connectivity index (χ1) is 30.1. The number of aliphatic hydroxyl groups is 2. The molecule has 0 aromatic heterocycles. The van der Waals surface area contributed by atoms with Crippen molar-refractivity contribution >= 4 is 40.0 Å². The van der Waals surface area contributed by atoms with Crippen molar-refractivity contribution < 1.29 is 49.1 Å². The Morgan fingerprint density at radius 2 is 1.62 bits per heavy atom. The Morgan fingerprint density at radius 3 is 2.25 bits per heavy atom. The van der Waals surface area contributed by atoms with E-state index < -0.39 is 58.8 Å². The van der Waals surface area contributed by atoms with E-state index in [0.717, 1.165) is 26.7 Å². The number of Topliss-reactive ketones (excluding diaryl/α,β-unsaturated/α-hetero) is 1. The molecule has 1 saturated heterocycles. The number of ketones is 1. The summed E-state index contributed by atoms with van der Waals surface area (Å²) in [4.78, 5) is 66.5. The van der Waals surface area contributed by atoms with E-state index in [1.807, 2.05) is 45.9 Å². The van der Waals surface area contributed by atoms with Crippen molar-refractivity contribution in [1.29, 1.82) is 0 Å². The molecule has 1 unspecified atom stereocenters. The third-order valence-corrected chi connectivity index (χ3v) is 13.3. The smallest absolute Gasteiger partial charge is 0.318 e. The molecule has 8 atom stereocenters. The number of hydrogen-bond acceptors (Lipinski definition) is 13. The molecule has 1 spiro atoms. The molecule has 350 valence electrons. The molecule has 5 aliphatic heterocycles. The third-order valence-electron chi connectivity index (χ3n) is 13.3. The van der Waals surface area contributed by atoms with Gasteiger partial charge in [-0.15, -0.1) is 0 Å². The van der Waals surface area contributed by atoms with Crippen molar-refractivity contribution in [3.63, 3.8) is 0 Å². The van der Waals surface area contributed by atoms with Crippen molar-refractivity contribution in [3.8, 4) is 17.2 Å². The second-order valence-corrected chi connectivity index (χ2v) is 19.1. The highest BCUT2D eigenvalue weighted by Gasteiger charge is 2.48. The number of carbonyl (C=O) groups excluding carboxylic acids is 4. The summed E-state index contributed by atoms with van der Waals surface area (Å²) in [5.41, 5.74) is 3.88. The van der Waals surface area contributed by atoms with Crippen LogP contribution in [0.4, 0.5) is 5.69 Å². The SMILES string of the molecule is C/C1=C/C=C/[C@H](C)C[C@@H](C)[C@@H](O)[C@@H](C)[C@H](OC(=O)C(C)C(N)=O)[C@H](C)C/C=C/C[C@@]2(C)Oc3c(C)c(O)c4c(O)c(c5c(c4c3C2=O)=NC2(CCN(CC(C)C)CC2)N=5)NC1=O.CO. The van der Waals surface area contributed by atoms with Crippen LogP contribution in [0.5, 0.6) is 17.2 Å². The van der Waals surface area contributed by atoms with E-state index in [4.69, 9.17) is 30.3 Å². The molecule has 5 heterocycles. The van der Waals surface area contributed by atoms with E-state index in [0.29, 0.717) is 42.5 Å². The van der Waals surface area contributed by atoms with Crippen molar-refractivity contribution in [1.82, 2.24) is 4.90 Å². The summed E-state index contributed by atoms with van der Waals surface area (Å²) in [5, 5.41) is 46.3. The molecule has 7 rings (SSSR count). The van der Waals surface area contributed by atoms with E-state index in [9.17, 15) is 34.5 Å². The van der Waals surface area contributed by atoms with Crippen LogP contribution < -0.4 is 26.5 Å². The normalized spacial score (nSPS) is 29.6. The first-order valence-corrected chi connectivity index (χ1v) is 22.5. The Balaban J connectivity index is 0.00000380. The number of hydrogen-bond donors (Lipinski definition) is 6. The zero-order valence-electron chi connectivity index (χ0n) is 39.3. The molecule has 0 radical (unpaired) electrons. The van der Waals surface area contributed by atoms with Gasteiger partial charge in [-0.05, 0) is 64.2 Å². The maximum atomic E-state index is 14.8. The highest BCUT2D eigenvalue weighted by molar-refractivity contribution is 6.20. The second-order valence-electron chi connectivity index (χ2n) is 19.1. The van der Waals surface area contributed by atoms with Gasteiger partial charge in [-0.25, -0.2) is 0 Å². The Hall–Kier alpha value is -5.12. The molecule has 2 amide bonds. The summed E-state index contributed by atoms with van der Waals surface area (Å²) in [6.07, 6.45) is 9.67. The number of nitrogens with one attached hydrogen (secondary N) is 1. The van der Waals surface area contributed by atoms with Crippen molar-refractivity contribution in [3.05, 3.63) is 57.8 Å². The summed E-state index contributed by atoms with van der Waals surface area (Å²) >= 11 is 0. The standard InChI is InChI=1S/C48H65N5O9.CH4O/c1-24(2)23-53-20-18-48(19-21-53)51-35-32-33-39(55)30(8)42-34(32)43(57)47(10,62-42)17-12-11-15-26(4)41(61-46(60)31(9)44(49)58)29(7)38(54)28(6)22-25(3)14-13-16-27(5)45(59)50-37(40(33)56)36(35)52-48;1-2/h11-14,16,24-26,28-29,31,38,41,54-56H,15,17-23H2,1-10H3,(H2,49,58)(H,50,59);2H,1H3/b12-11+,14-13+,27-16-;/t25-,26+,28+,29+,31?,38+,41+,47+;/m0./s1. The number of amides is 2. The number of aromatic hydroxyl groups is 2. The van der Waals surface area contributed by atoms with Crippen LogP contribution in [0.25, 0.3) is 10.8 Å². The number of phenolic OH excluding ortho intramolecular Hbond substituents is 2. The molecule has 5 aliphatic rings. The highest BCUT2D eigenvalue weighted by Crippen LogP contribution is 2.50. The maximum Gasteiger partial charge on any atom is 0.318 e. The number of rotatable bonds is 5. The van der Waals surface area contributed by atoms with Crippen molar-refractivity contribution in [2.45, 2.75) is 125 Å². The van der Waals surface area contributed by atoms with Gasteiger partial charge in [0.2, 0.25) is 11.7 Å². The average molecular weight is 888 g/mol. The topological polar surface area (TPSA) is 234 Å². The molecule has 0 aliphatic carbocycles. The van der Waals surface area contributed by atoms with E-state index in [2.05, 4.69) is 24.1 Å². The lowest BCUT2D eigenvalue weighted by Gasteiger charge is -2.36. The number of fused-ring (bicyclic) bond motifs is 13. The van der Waals surface area contributed by atoms with Gasteiger partial charge in [-0.2, -0.15) is 0 Å². The van der Waals surface area contributed by atoms with E-state index >= 15 is 0 Å². The fourth-order valence-electron chi connectivity index (χ4n) is 9.45. The monoisotopic (exact) mass is 888 g/mol. The zero-order chi connectivity index (χ0) is 47.6. The number of nitrogens with zero attached hydrogens (tertiary/aromatic N) is 3. The molecule has 2 aromatic carbocycles. The third kappa shape index (κ3) is 9.91. The second kappa shape index (κ2) is 20.0. The molecule has 1 fully saturated rings. The number of benzene rings is 2. The summed E-state index contributed by atoms with van der Waals surface area (Å²) < 4.78 is 12.4. The lowest BCUT2D eigenvalue weighted by atomic mass is 9.80. The molecule has 2 aromatic rings. The predicted molar refractivity (Wildman–Crippen MR) is 244 cm³/mol. The van der Waals surface area contributed by atoms with Crippen LogP contribution in [-0.2, 0) is 19.1 Å². The lowest BCUT2D eigenvalue weighted by molar-refractivity contribution is -0.164. The van der Waals surface area contributed by atoms with Crippen LogP contribution in [-0.4, -0.2) is 99.1 Å². The number of anilines is 1. The number of likely N-dealkylation sites (tertiary alicyclic amines) is 1. The van der Waals surface area contributed by atoms with Gasteiger partial charge in [0.1, 0.15) is 34.6 Å². The number of aliphatic hydroxyl groups excluding tert-OH is 2. The molecule has 15 heteroatoms. The van der Waals surface area contributed by atoms with Crippen LogP contribution in [0.3, 0.4) is 0 Å². The van der Waals surface area contributed by atoms with Crippen LogP contribution in [0.2, 0.25) is 0 Å². The largest absolute Gasteiger partial charge is 0.507 e. The molecular formula is C49H69N5O10. The number of nitrogens with two attached hydrogens (primary N) is 1. The number of carbonyl (C=O) groups is 4. The van der Waals surface area contributed by atoms with Crippen LogP contribution in [0.1, 0.15) is 110 Å². The summed E-state index contributed by atoms with van der Waals surface area (Å²) in [6.45, 7) is 20.7. The molecule has 7 N–H and O–H groups in total. The first kappa shape index (κ1) is 49.9. The quantitative estimate of drug-likeness (QED) is 0.0973. The molecule has 5 bridgehead atoms. The average Bonchev–Trinajstić information content (AvgIpc) is 3.75. The van der Waals surface area contributed by atoms with E-state index in [1.54, 1.807) is 32.9 Å². The number of piperidine rings is 1. The number of primary amides is 1. The minimum Gasteiger partial charge on any atom is -0.507 e. The number of ether oxygens (including phenoxy) is 2. The Bertz CT molecular complexity index is 2360. The number of esters is 1. The van der Waals surface area contributed by atoms with Gasteiger partial charge in [0.05, 0.1) is 22.4 Å². The van der Waals surface area contributed by atoms with Gasteiger partial charge < -0.3 is 45.9 Å². The molecule has 15 nitrogen and oxygen atoms in total. The Morgan fingerprint density at radius 1 is 0.984 bits per heavy atom. The molecular weight excluding hydrogens is 819 g/mol. The van der Waals surface area contributed by atoms with Gasteiger partial charge in [-0.1, -0.05) is 71.9 Å². The van der Waals surface area contributed by atoms with Gasteiger partial charge in [-0.3, -0.25) is 29.2 Å². The van der Waals surface area contributed by atoms with Gasteiger partial charge >= 0.3 is 5.97 Å². The number of phenols is 2. The van der Waals surface area contributed by atoms with Gasteiger partial charge in [0.25, 0.3) is 5.91 Å². The summed E-state index contributed by atoms with van der Waals surface area (Å²) in [7, 11) is 1.00. The lowest BCUT2D eigenvalue weighted by Crippen LogP contribution is -2.43. The van der Waals surface area contributed by atoms with Crippen LogP contribution >= 0.6 is 0 Å². The Labute approximate surface area is 376 Å². The maximum absolute atomic E-state index is 14.8.